The number of ether oxygens (including phenoxy) is 1. The number of allylic oxidation sites excluding steroid dienone is 1. The molecule has 0 heterocycles. The van der Waals surface area contributed by atoms with Crippen molar-refractivity contribution in [3.63, 3.8) is 0 Å². The maximum Gasteiger partial charge on any atom is 0.305 e. The lowest BCUT2D eigenvalue weighted by atomic mass is 10.0. The van der Waals surface area contributed by atoms with Crippen LogP contribution in [0.4, 0.5) is 0 Å². The highest BCUT2D eigenvalue weighted by molar-refractivity contribution is 5.76. The molecular weight excluding hydrogens is 647 g/mol. The number of esters is 1. The van der Waals surface area contributed by atoms with Gasteiger partial charge in [0.2, 0.25) is 5.91 Å². The Morgan fingerprint density at radius 1 is 0.519 bits per heavy atom. The lowest BCUT2D eigenvalue weighted by molar-refractivity contribution is -0.143. The van der Waals surface area contributed by atoms with E-state index in [-0.39, 0.29) is 18.5 Å². The first-order chi connectivity index (χ1) is 25.5. The summed E-state index contributed by atoms with van der Waals surface area (Å²) in [5.41, 5.74) is 0. The van der Waals surface area contributed by atoms with E-state index in [0.29, 0.717) is 19.4 Å². The highest BCUT2D eigenvalue weighted by Gasteiger charge is 2.18. The van der Waals surface area contributed by atoms with E-state index in [1.165, 1.54) is 161 Å². The number of unbranched alkanes of at least 4 members (excludes halogenated alkanes) is 31. The zero-order valence-corrected chi connectivity index (χ0v) is 34.8. The molecule has 6 heteroatoms. The van der Waals surface area contributed by atoms with E-state index in [1.807, 2.05) is 6.08 Å². The van der Waals surface area contributed by atoms with E-state index in [4.69, 9.17) is 4.74 Å². The van der Waals surface area contributed by atoms with Gasteiger partial charge in [0.25, 0.3) is 0 Å². The molecule has 0 aliphatic carbocycles. The zero-order chi connectivity index (χ0) is 38.0. The van der Waals surface area contributed by atoms with Crippen molar-refractivity contribution in [2.75, 3.05) is 13.2 Å². The smallest absolute Gasteiger partial charge is 0.305 e. The van der Waals surface area contributed by atoms with Gasteiger partial charge in [0.1, 0.15) is 0 Å². The third-order valence-electron chi connectivity index (χ3n) is 10.6. The Bertz CT molecular complexity index is 772. The van der Waals surface area contributed by atoms with Crippen LogP contribution in [0.3, 0.4) is 0 Å². The van der Waals surface area contributed by atoms with Gasteiger partial charge in [0.15, 0.2) is 0 Å². The average Bonchev–Trinajstić information content (AvgIpc) is 3.14. The van der Waals surface area contributed by atoms with Crippen LogP contribution in [0.25, 0.3) is 0 Å². The number of carbonyl (C=O) groups is 2. The number of nitrogens with one attached hydrogen (secondary N) is 1. The Morgan fingerprint density at radius 3 is 1.31 bits per heavy atom. The highest BCUT2D eigenvalue weighted by atomic mass is 16.5. The number of aliphatic hydroxyl groups is 2. The molecule has 0 saturated carbocycles. The normalized spacial score (nSPS) is 12.8. The maximum absolute atomic E-state index is 12.4. The summed E-state index contributed by atoms with van der Waals surface area (Å²) in [7, 11) is 0. The Hall–Kier alpha value is -1.40. The van der Waals surface area contributed by atoms with Crippen molar-refractivity contribution >= 4 is 11.9 Å². The molecule has 0 saturated heterocycles. The van der Waals surface area contributed by atoms with Crippen LogP contribution in [-0.2, 0) is 14.3 Å². The third kappa shape index (κ3) is 38.3. The van der Waals surface area contributed by atoms with E-state index < -0.39 is 12.1 Å². The molecule has 0 bridgehead atoms. The molecule has 0 fully saturated rings. The lowest BCUT2D eigenvalue weighted by Crippen LogP contribution is -2.45. The van der Waals surface area contributed by atoms with Gasteiger partial charge in [0.05, 0.1) is 25.4 Å². The van der Waals surface area contributed by atoms with Gasteiger partial charge in [0, 0.05) is 12.8 Å². The average molecular weight is 736 g/mol. The quantitative estimate of drug-likeness (QED) is 0.0329. The minimum Gasteiger partial charge on any atom is -0.466 e. The van der Waals surface area contributed by atoms with Gasteiger partial charge in [-0.2, -0.15) is 0 Å². The van der Waals surface area contributed by atoms with Crippen LogP contribution >= 0.6 is 0 Å². The molecule has 0 radical (unpaired) electrons. The topological polar surface area (TPSA) is 95.9 Å². The second-order valence-corrected chi connectivity index (χ2v) is 15.7. The predicted octanol–water partition coefficient (Wildman–Crippen LogP) is 13.0. The van der Waals surface area contributed by atoms with Crippen molar-refractivity contribution < 1.29 is 24.5 Å². The summed E-state index contributed by atoms with van der Waals surface area (Å²) in [6, 6.07) is -0.636. The number of aliphatic hydroxyl groups excluding tert-OH is 2. The van der Waals surface area contributed by atoms with Crippen LogP contribution in [0, 0.1) is 0 Å². The Kier molecular flexibility index (Phi) is 41.2. The molecule has 0 aromatic rings. The molecule has 52 heavy (non-hydrogen) atoms. The van der Waals surface area contributed by atoms with Crippen LogP contribution in [0.15, 0.2) is 12.2 Å². The fraction of sp³-hybridized carbons (Fsp3) is 0.913. The molecular formula is C46H89NO5. The molecule has 2 unspecified atom stereocenters. The van der Waals surface area contributed by atoms with Crippen LogP contribution < -0.4 is 5.32 Å². The van der Waals surface area contributed by atoms with Gasteiger partial charge >= 0.3 is 5.97 Å². The van der Waals surface area contributed by atoms with E-state index in [2.05, 4.69) is 19.2 Å². The number of rotatable bonds is 42. The van der Waals surface area contributed by atoms with Crippen molar-refractivity contribution in [3.8, 4) is 0 Å². The van der Waals surface area contributed by atoms with Crippen molar-refractivity contribution in [2.24, 2.45) is 0 Å². The Balaban J connectivity index is 3.50. The molecule has 0 aromatic heterocycles. The summed E-state index contributed by atoms with van der Waals surface area (Å²) in [4.78, 5) is 24.3. The van der Waals surface area contributed by atoms with Crippen LogP contribution in [0.1, 0.15) is 245 Å². The SMILES string of the molecule is CCCCCCCCCCCC/C=C/C(O)C(CO)NC(=O)CCCCCCCCCCCCCCOC(=O)CCCCCCCCCCCCC. The highest BCUT2D eigenvalue weighted by Crippen LogP contribution is 2.15. The summed E-state index contributed by atoms with van der Waals surface area (Å²) in [5.74, 6) is -0.0960. The van der Waals surface area contributed by atoms with E-state index in [1.54, 1.807) is 6.08 Å². The minimum atomic E-state index is -0.851. The molecule has 0 aliphatic heterocycles. The largest absolute Gasteiger partial charge is 0.466 e. The molecule has 308 valence electrons. The first-order valence-corrected chi connectivity index (χ1v) is 23.0. The summed E-state index contributed by atoms with van der Waals surface area (Å²) >= 11 is 0. The second-order valence-electron chi connectivity index (χ2n) is 15.7. The number of amides is 1. The summed E-state index contributed by atoms with van der Waals surface area (Å²) in [6.45, 7) is 4.85. The minimum absolute atomic E-state index is 0.0116. The first-order valence-electron chi connectivity index (χ1n) is 23.0. The van der Waals surface area contributed by atoms with Gasteiger partial charge in [-0.3, -0.25) is 9.59 Å². The first kappa shape index (κ1) is 50.6. The zero-order valence-electron chi connectivity index (χ0n) is 34.8. The van der Waals surface area contributed by atoms with Crippen LogP contribution in [-0.4, -0.2) is 47.4 Å². The summed E-state index contributed by atoms with van der Waals surface area (Å²) in [5, 5.41) is 22.9. The van der Waals surface area contributed by atoms with Crippen molar-refractivity contribution in [2.45, 2.75) is 257 Å². The van der Waals surface area contributed by atoms with E-state index in [0.717, 1.165) is 57.8 Å². The van der Waals surface area contributed by atoms with Gasteiger partial charge in [-0.25, -0.2) is 0 Å². The fourth-order valence-electron chi connectivity index (χ4n) is 6.98. The molecule has 6 nitrogen and oxygen atoms in total. The van der Waals surface area contributed by atoms with Gasteiger partial charge in [-0.1, -0.05) is 212 Å². The van der Waals surface area contributed by atoms with E-state index >= 15 is 0 Å². The summed E-state index contributed by atoms with van der Waals surface area (Å²) < 4.78 is 5.43. The second kappa shape index (κ2) is 42.3. The standard InChI is InChI=1S/C46H89NO5/c1-3-5-7-9-11-13-15-19-22-26-30-34-38-44(49)43(42-48)47-45(50)39-35-31-27-23-20-16-17-21-25-29-33-37-41-52-46(51)40-36-32-28-24-18-14-12-10-8-6-4-2/h34,38,43-44,48-49H,3-33,35-37,39-42H2,1-2H3,(H,47,50)/b38-34+. The predicted molar refractivity (Wildman–Crippen MR) is 223 cm³/mol. The number of hydrogen-bond donors (Lipinski definition) is 3. The van der Waals surface area contributed by atoms with Crippen molar-refractivity contribution in [3.05, 3.63) is 12.2 Å². The number of hydrogen-bond acceptors (Lipinski definition) is 5. The maximum atomic E-state index is 12.4. The molecule has 0 rings (SSSR count). The molecule has 0 spiro atoms. The van der Waals surface area contributed by atoms with Gasteiger partial charge < -0.3 is 20.3 Å². The lowest BCUT2D eigenvalue weighted by Gasteiger charge is -2.20. The monoisotopic (exact) mass is 736 g/mol. The molecule has 2 atom stereocenters. The summed E-state index contributed by atoms with van der Waals surface area (Å²) in [6.07, 6.45) is 46.2. The molecule has 0 aliphatic rings. The van der Waals surface area contributed by atoms with Crippen LogP contribution in [0.5, 0.6) is 0 Å². The number of carbonyl (C=O) groups excluding carboxylic acids is 2. The Morgan fingerprint density at radius 2 is 0.885 bits per heavy atom. The third-order valence-corrected chi connectivity index (χ3v) is 10.6. The fourth-order valence-corrected chi connectivity index (χ4v) is 6.98. The van der Waals surface area contributed by atoms with Gasteiger partial charge in [-0.05, 0) is 32.1 Å². The molecule has 3 N–H and O–H groups in total. The van der Waals surface area contributed by atoms with Crippen LogP contribution in [0.2, 0.25) is 0 Å². The van der Waals surface area contributed by atoms with Crippen molar-refractivity contribution in [1.82, 2.24) is 5.32 Å². The van der Waals surface area contributed by atoms with Crippen molar-refractivity contribution in [1.29, 1.82) is 0 Å². The van der Waals surface area contributed by atoms with Gasteiger partial charge in [-0.15, -0.1) is 0 Å². The van der Waals surface area contributed by atoms with E-state index in [9.17, 15) is 19.8 Å². The molecule has 1 amide bonds. The molecule has 0 aromatic carbocycles. The Labute approximate surface area is 323 Å².